The zero-order chi connectivity index (χ0) is 23.4. The topological polar surface area (TPSA) is 101 Å². The molecule has 1 aliphatic rings. The molecule has 0 amide bonds. The van der Waals surface area contributed by atoms with Gasteiger partial charge in [-0.1, -0.05) is 24.3 Å². The summed E-state index contributed by atoms with van der Waals surface area (Å²) in [6.07, 6.45) is -3.66. The summed E-state index contributed by atoms with van der Waals surface area (Å²) in [6.45, 7) is 1.49. The molecule has 0 fully saturated rings. The van der Waals surface area contributed by atoms with E-state index >= 15 is 0 Å². The monoisotopic (exact) mass is 464 g/mol. The summed E-state index contributed by atoms with van der Waals surface area (Å²) >= 11 is 0. The van der Waals surface area contributed by atoms with Crippen molar-refractivity contribution in [2.24, 2.45) is 0 Å². The van der Waals surface area contributed by atoms with Gasteiger partial charge in [-0.25, -0.2) is 0 Å². The highest BCUT2D eigenvalue weighted by atomic mass is 19.4. The number of aromatic nitrogens is 2. The van der Waals surface area contributed by atoms with Crippen LogP contribution in [0.5, 0.6) is 11.8 Å². The maximum absolute atomic E-state index is 12.2. The van der Waals surface area contributed by atoms with Crippen LogP contribution in [0, 0.1) is 10.1 Å². The van der Waals surface area contributed by atoms with Gasteiger partial charge >= 0.3 is 18.2 Å². The Kier molecular flexibility index (Phi) is 6.36. The second-order valence-electron chi connectivity index (χ2n) is 7.28. The number of halogens is 3. The van der Waals surface area contributed by atoms with Crippen LogP contribution in [0.2, 0.25) is 0 Å². The van der Waals surface area contributed by atoms with E-state index < -0.39 is 11.3 Å². The summed E-state index contributed by atoms with van der Waals surface area (Å²) in [5.74, 6) is -0.538. The van der Waals surface area contributed by atoms with E-state index in [-0.39, 0.29) is 30.3 Å². The van der Waals surface area contributed by atoms with Crippen molar-refractivity contribution in [3.8, 4) is 11.8 Å². The smallest absolute Gasteiger partial charge is 0.443 e. The first-order valence-electron chi connectivity index (χ1n) is 9.88. The quantitative estimate of drug-likeness (QED) is 0.392. The maximum atomic E-state index is 12.2. The van der Waals surface area contributed by atoms with Gasteiger partial charge in [0.2, 0.25) is 0 Å². The van der Waals surface area contributed by atoms with Gasteiger partial charge in [0.25, 0.3) is 0 Å². The number of hydrogen-bond donors (Lipinski definition) is 1. The highest BCUT2D eigenvalue weighted by Gasteiger charge is 2.31. The Morgan fingerprint density at radius 2 is 1.85 bits per heavy atom. The molecule has 0 saturated carbocycles. The van der Waals surface area contributed by atoms with Gasteiger partial charge in [0, 0.05) is 17.2 Å². The van der Waals surface area contributed by atoms with Gasteiger partial charge in [0.15, 0.2) is 0 Å². The number of benzene rings is 2. The lowest BCUT2D eigenvalue weighted by Gasteiger charge is -2.22. The molecule has 1 atom stereocenters. The largest absolute Gasteiger partial charge is 0.573 e. The number of imidazole rings is 1. The van der Waals surface area contributed by atoms with Crippen molar-refractivity contribution in [2.75, 3.05) is 11.9 Å². The Balaban J connectivity index is 1.24. The molecule has 0 bridgehead atoms. The lowest BCUT2D eigenvalue weighted by molar-refractivity contribution is -0.389. The molecule has 1 aliphatic heterocycles. The molecule has 174 valence electrons. The zero-order valence-electron chi connectivity index (χ0n) is 17.1. The van der Waals surface area contributed by atoms with E-state index in [4.69, 9.17) is 9.47 Å². The first-order valence-corrected chi connectivity index (χ1v) is 9.88. The number of nitrogens with one attached hydrogen (secondary N) is 1. The first-order chi connectivity index (χ1) is 15.7. The lowest BCUT2D eigenvalue weighted by atomic mass is 10.1. The molecule has 12 heteroatoms. The molecule has 4 rings (SSSR count). The molecule has 3 aromatic rings. The second kappa shape index (κ2) is 9.36. The summed E-state index contributed by atoms with van der Waals surface area (Å²) in [5, 5.41) is 14.0. The van der Waals surface area contributed by atoms with Crippen molar-refractivity contribution in [1.82, 2.24) is 9.55 Å². The molecule has 2 heterocycles. The number of rotatable bonds is 8. The van der Waals surface area contributed by atoms with Crippen molar-refractivity contribution in [2.45, 2.75) is 32.2 Å². The standard InChI is InChI=1S/C21H19F3N4O5/c22-21(23,24)33-17-7-5-16(6-8-17)25-9-14-1-3-15(4-2-14)12-31-18-10-27-11-19(28(29)30)26-20(27)32-13-18/h1-8,11,18,25H,9-10,12-13H2/t18-/m0/s1. The van der Waals surface area contributed by atoms with Crippen LogP contribution in [0.1, 0.15) is 11.1 Å². The van der Waals surface area contributed by atoms with E-state index in [2.05, 4.69) is 15.0 Å². The Morgan fingerprint density at radius 3 is 2.52 bits per heavy atom. The average Bonchev–Trinajstić information content (AvgIpc) is 3.21. The van der Waals surface area contributed by atoms with Crippen LogP contribution in [0.3, 0.4) is 0 Å². The number of anilines is 1. The van der Waals surface area contributed by atoms with Crippen molar-refractivity contribution >= 4 is 11.5 Å². The van der Waals surface area contributed by atoms with Crippen LogP contribution in [-0.4, -0.2) is 33.5 Å². The van der Waals surface area contributed by atoms with Crippen LogP contribution in [-0.2, 0) is 24.4 Å². The van der Waals surface area contributed by atoms with E-state index in [1.165, 1.54) is 30.5 Å². The molecule has 33 heavy (non-hydrogen) atoms. The van der Waals surface area contributed by atoms with Crippen molar-refractivity contribution < 1.29 is 32.3 Å². The lowest BCUT2D eigenvalue weighted by Crippen LogP contribution is -2.32. The minimum Gasteiger partial charge on any atom is -0.443 e. The second-order valence-corrected chi connectivity index (χ2v) is 7.28. The van der Waals surface area contributed by atoms with Crippen molar-refractivity contribution in [3.05, 3.63) is 76.0 Å². The van der Waals surface area contributed by atoms with Crippen molar-refractivity contribution in [1.29, 1.82) is 0 Å². The molecule has 0 saturated heterocycles. The highest BCUT2D eigenvalue weighted by Crippen LogP contribution is 2.25. The third-order valence-corrected chi connectivity index (χ3v) is 4.81. The van der Waals surface area contributed by atoms with E-state index in [1.54, 1.807) is 4.57 Å². The molecule has 0 aliphatic carbocycles. The molecular formula is C21H19F3N4O5. The molecule has 0 radical (unpaired) electrons. The summed E-state index contributed by atoms with van der Waals surface area (Å²) < 4.78 is 53.3. The van der Waals surface area contributed by atoms with E-state index in [9.17, 15) is 23.3 Å². The third kappa shape index (κ3) is 6.13. The van der Waals surface area contributed by atoms with Gasteiger partial charge < -0.3 is 29.6 Å². The maximum Gasteiger partial charge on any atom is 0.573 e. The molecule has 2 aromatic carbocycles. The third-order valence-electron chi connectivity index (χ3n) is 4.81. The molecule has 0 unspecified atom stereocenters. The van der Waals surface area contributed by atoms with Crippen LogP contribution < -0.4 is 14.8 Å². The van der Waals surface area contributed by atoms with E-state index in [1.807, 2.05) is 24.3 Å². The molecule has 0 spiro atoms. The predicted molar refractivity (Wildman–Crippen MR) is 110 cm³/mol. The van der Waals surface area contributed by atoms with Gasteiger partial charge in [0.1, 0.15) is 24.7 Å². The molecular weight excluding hydrogens is 445 g/mol. The van der Waals surface area contributed by atoms with Gasteiger partial charge in [-0.15, -0.1) is 13.2 Å². The number of alkyl halides is 3. The van der Waals surface area contributed by atoms with Gasteiger partial charge in [-0.3, -0.25) is 4.57 Å². The normalized spacial score (nSPS) is 15.4. The summed E-state index contributed by atoms with van der Waals surface area (Å²) in [4.78, 5) is 14.0. The van der Waals surface area contributed by atoms with E-state index in [0.29, 0.717) is 25.4 Å². The zero-order valence-corrected chi connectivity index (χ0v) is 17.1. The number of hydrogen-bond acceptors (Lipinski definition) is 7. The number of nitrogens with zero attached hydrogens (tertiary/aromatic N) is 3. The number of fused-ring (bicyclic) bond motifs is 1. The number of nitro groups is 1. The van der Waals surface area contributed by atoms with Gasteiger partial charge in [-0.05, 0) is 40.3 Å². The minimum absolute atomic E-state index is 0.209. The van der Waals surface area contributed by atoms with E-state index in [0.717, 1.165) is 11.1 Å². The fourth-order valence-corrected chi connectivity index (χ4v) is 3.21. The van der Waals surface area contributed by atoms with Gasteiger partial charge in [0.05, 0.1) is 13.2 Å². The molecule has 1 N–H and O–H groups in total. The Morgan fingerprint density at radius 1 is 1.15 bits per heavy atom. The summed E-state index contributed by atoms with van der Waals surface area (Å²) in [5.41, 5.74) is 2.58. The Hall–Kier alpha value is -3.80. The van der Waals surface area contributed by atoms with Gasteiger partial charge in [-0.2, -0.15) is 0 Å². The summed E-state index contributed by atoms with van der Waals surface area (Å²) in [7, 11) is 0. The van der Waals surface area contributed by atoms with Crippen LogP contribution in [0.4, 0.5) is 24.7 Å². The Labute approximate surface area is 185 Å². The average molecular weight is 464 g/mol. The minimum atomic E-state index is -4.71. The van der Waals surface area contributed by atoms with Crippen LogP contribution in [0.25, 0.3) is 0 Å². The SMILES string of the molecule is O=[N+]([O-])c1cn2c(n1)OC[C@@H](OCc1ccc(CNc3ccc(OC(F)(F)F)cc3)cc1)C2. The Bertz CT molecular complexity index is 1100. The molecule has 1 aromatic heterocycles. The summed E-state index contributed by atoms with van der Waals surface area (Å²) in [6, 6.07) is 13.4. The highest BCUT2D eigenvalue weighted by molar-refractivity contribution is 5.47. The van der Waals surface area contributed by atoms with Crippen LogP contribution >= 0.6 is 0 Å². The predicted octanol–water partition coefficient (Wildman–Crippen LogP) is 4.28. The molecule has 9 nitrogen and oxygen atoms in total. The fourth-order valence-electron chi connectivity index (χ4n) is 3.21. The number of ether oxygens (including phenoxy) is 3. The first kappa shape index (κ1) is 22.4. The van der Waals surface area contributed by atoms with Crippen molar-refractivity contribution in [3.63, 3.8) is 0 Å². The fraction of sp³-hybridized carbons (Fsp3) is 0.286. The van der Waals surface area contributed by atoms with Crippen LogP contribution in [0.15, 0.2) is 54.7 Å².